The van der Waals surface area contributed by atoms with Crippen molar-refractivity contribution in [2.75, 3.05) is 21.3 Å². The second kappa shape index (κ2) is 9.80. The van der Waals surface area contributed by atoms with E-state index in [4.69, 9.17) is 13.3 Å². The van der Waals surface area contributed by atoms with Crippen LogP contribution in [-0.4, -0.2) is 34.7 Å². The first-order valence-corrected chi connectivity index (χ1v) is 10.7. The molecular formula is C19H29BrN2O3Si. The first kappa shape index (κ1) is 21.3. The van der Waals surface area contributed by atoms with Crippen molar-refractivity contribution in [2.24, 2.45) is 0 Å². The average Bonchev–Trinajstić information content (AvgIpc) is 3.14. The summed E-state index contributed by atoms with van der Waals surface area (Å²) >= 11 is 0. The fourth-order valence-corrected chi connectivity index (χ4v) is 5.51. The third-order valence-electron chi connectivity index (χ3n) is 5.19. The van der Waals surface area contributed by atoms with Crippen LogP contribution in [0.1, 0.15) is 43.7 Å². The number of hydrogen-bond acceptors (Lipinski definition) is 3. The zero-order chi connectivity index (χ0) is 17.7. The lowest BCUT2D eigenvalue weighted by molar-refractivity contribution is -0.725. The lowest BCUT2D eigenvalue weighted by atomic mass is 9.95. The van der Waals surface area contributed by atoms with E-state index in [1.807, 2.05) is 0 Å². The smallest absolute Gasteiger partial charge is 0.536 e. The van der Waals surface area contributed by atoms with Crippen LogP contribution in [0.4, 0.5) is 0 Å². The van der Waals surface area contributed by atoms with Gasteiger partial charge >= 0.3 is 8.80 Å². The molecule has 1 saturated carbocycles. The second-order valence-corrected chi connectivity index (χ2v) is 9.60. The summed E-state index contributed by atoms with van der Waals surface area (Å²) < 4.78 is 21.2. The van der Waals surface area contributed by atoms with Gasteiger partial charge in [-0.05, 0) is 31.2 Å². The normalized spacial score (nSPS) is 15.7. The predicted molar refractivity (Wildman–Crippen MR) is 98.7 cm³/mol. The molecule has 3 rings (SSSR count). The summed E-state index contributed by atoms with van der Waals surface area (Å²) in [5, 5.41) is 0.980. The van der Waals surface area contributed by atoms with Crippen LogP contribution >= 0.6 is 0 Å². The molecule has 0 N–H and O–H groups in total. The van der Waals surface area contributed by atoms with E-state index in [-0.39, 0.29) is 17.0 Å². The first-order valence-electron chi connectivity index (χ1n) is 9.02. The molecule has 1 fully saturated rings. The van der Waals surface area contributed by atoms with Crippen molar-refractivity contribution in [2.45, 2.75) is 44.7 Å². The van der Waals surface area contributed by atoms with E-state index in [0.29, 0.717) is 6.04 Å². The number of imidazole rings is 1. The van der Waals surface area contributed by atoms with Crippen molar-refractivity contribution in [3.63, 3.8) is 0 Å². The maximum absolute atomic E-state index is 5.54. The second-order valence-electron chi connectivity index (χ2n) is 6.69. The Hall–Kier alpha value is -0.993. The zero-order valence-corrected chi connectivity index (χ0v) is 18.4. The van der Waals surface area contributed by atoms with Gasteiger partial charge in [0, 0.05) is 26.5 Å². The van der Waals surface area contributed by atoms with Gasteiger partial charge in [-0.25, -0.2) is 9.13 Å². The SMILES string of the molecule is CO[Si](OC)(OC)c1ccc(Cn2cc[n+](C3CCCCC3)c2)cc1.[Br-]. The summed E-state index contributed by atoms with van der Waals surface area (Å²) in [6.07, 6.45) is 13.3. The van der Waals surface area contributed by atoms with Gasteiger partial charge in [0.2, 0.25) is 6.33 Å². The topological polar surface area (TPSA) is 36.5 Å². The molecule has 2 aromatic rings. The van der Waals surface area contributed by atoms with Crippen molar-refractivity contribution in [3.05, 3.63) is 48.5 Å². The Labute approximate surface area is 168 Å². The molecule has 1 aromatic carbocycles. The molecule has 0 radical (unpaired) electrons. The highest BCUT2D eigenvalue weighted by atomic mass is 79.9. The number of nitrogens with zero attached hydrogens (tertiary/aromatic N) is 2. The Morgan fingerprint density at radius 3 is 2.19 bits per heavy atom. The average molecular weight is 441 g/mol. The van der Waals surface area contributed by atoms with Gasteiger partial charge in [0.15, 0.2) is 0 Å². The molecule has 1 aromatic heterocycles. The van der Waals surface area contributed by atoms with Gasteiger partial charge < -0.3 is 30.3 Å². The van der Waals surface area contributed by atoms with E-state index < -0.39 is 8.80 Å². The predicted octanol–water partition coefficient (Wildman–Crippen LogP) is -0.582. The van der Waals surface area contributed by atoms with Crippen LogP contribution in [0.3, 0.4) is 0 Å². The van der Waals surface area contributed by atoms with Gasteiger partial charge in [-0.1, -0.05) is 30.7 Å². The maximum Gasteiger partial charge on any atom is 0.536 e. The Balaban J connectivity index is 0.00000243. The fourth-order valence-electron chi connectivity index (χ4n) is 3.73. The number of hydrogen-bond donors (Lipinski definition) is 0. The lowest BCUT2D eigenvalue weighted by Crippen LogP contribution is -3.00. The summed E-state index contributed by atoms with van der Waals surface area (Å²) in [6, 6.07) is 9.03. The van der Waals surface area contributed by atoms with E-state index in [1.54, 1.807) is 21.3 Å². The molecule has 144 valence electrons. The number of rotatable bonds is 7. The number of aromatic nitrogens is 2. The Bertz CT molecular complexity index is 659. The van der Waals surface area contributed by atoms with E-state index in [9.17, 15) is 0 Å². The minimum atomic E-state index is -2.74. The lowest BCUT2D eigenvalue weighted by Gasteiger charge is -2.24. The summed E-state index contributed by atoms with van der Waals surface area (Å²) in [7, 11) is 2.17. The molecule has 0 unspecified atom stereocenters. The summed E-state index contributed by atoms with van der Waals surface area (Å²) in [4.78, 5) is 0. The van der Waals surface area contributed by atoms with Crippen LogP contribution in [0, 0.1) is 0 Å². The van der Waals surface area contributed by atoms with Gasteiger partial charge in [0.1, 0.15) is 25.0 Å². The van der Waals surface area contributed by atoms with Gasteiger partial charge in [-0.2, -0.15) is 0 Å². The van der Waals surface area contributed by atoms with Crippen LogP contribution in [0.15, 0.2) is 43.0 Å². The molecule has 1 aliphatic carbocycles. The van der Waals surface area contributed by atoms with Crippen molar-refractivity contribution < 1.29 is 34.8 Å². The van der Waals surface area contributed by atoms with Gasteiger partial charge in [-0.3, -0.25) is 0 Å². The quantitative estimate of drug-likeness (QED) is 0.426. The minimum absolute atomic E-state index is 0. The van der Waals surface area contributed by atoms with E-state index in [0.717, 1.165) is 11.7 Å². The van der Waals surface area contributed by atoms with Crippen molar-refractivity contribution in [3.8, 4) is 0 Å². The summed E-state index contributed by atoms with van der Waals surface area (Å²) in [6.45, 7) is 0.863. The van der Waals surface area contributed by atoms with Crippen molar-refractivity contribution in [1.82, 2.24) is 4.57 Å². The van der Waals surface area contributed by atoms with Crippen LogP contribution in [0.25, 0.3) is 0 Å². The highest BCUT2D eigenvalue weighted by molar-refractivity contribution is 6.75. The number of halogens is 1. The zero-order valence-electron chi connectivity index (χ0n) is 15.9. The largest absolute Gasteiger partial charge is 1.00 e. The first-order chi connectivity index (χ1) is 12.2. The van der Waals surface area contributed by atoms with Crippen molar-refractivity contribution >= 4 is 14.0 Å². The van der Waals surface area contributed by atoms with Gasteiger partial charge in [-0.15, -0.1) is 0 Å². The van der Waals surface area contributed by atoms with Crippen LogP contribution in [0.2, 0.25) is 0 Å². The summed E-state index contributed by atoms with van der Waals surface area (Å²) in [5.74, 6) is 0. The minimum Gasteiger partial charge on any atom is -1.00 e. The molecule has 26 heavy (non-hydrogen) atoms. The van der Waals surface area contributed by atoms with Gasteiger partial charge in [0.25, 0.3) is 0 Å². The highest BCUT2D eigenvalue weighted by Crippen LogP contribution is 2.23. The van der Waals surface area contributed by atoms with Crippen LogP contribution in [0.5, 0.6) is 0 Å². The third kappa shape index (κ3) is 4.64. The standard InChI is InChI=1S/C19H29N2O3Si.BrH/c1-22-25(23-2,24-3)19-11-9-17(10-12-19)15-20-13-14-21(16-20)18-7-5-4-6-8-18;/h9-14,16,18H,4-8,15H2,1-3H3;1H/q+1;/p-1. The van der Waals surface area contributed by atoms with Gasteiger partial charge in [0.05, 0.1) is 0 Å². The highest BCUT2D eigenvalue weighted by Gasteiger charge is 2.40. The molecule has 0 bridgehead atoms. The molecule has 0 aliphatic heterocycles. The van der Waals surface area contributed by atoms with Crippen LogP contribution < -0.4 is 26.7 Å². The number of benzene rings is 1. The van der Waals surface area contributed by atoms with Crippen molar-refractivity contribution in [1.29, 1.82) is 0 Å². The molecule has 1 aliphatic rings. The summed E-state index contributed by atoms with van der Waals surface area (Å²) in [5.41, 5.74) is 1.25. The maximum atomic E-state index is 5.54. The Kier molecular flexibility index (Phi) is 8.03. The molecule has 5 nitrogen and oxygen atoms in total. The third-order valence-corrected chi connectivity index (χ3v) is 7.84. The molecule has 7 heteroatoms. The molecule has 0 amide bonds. The molecular weight excluding hydrogens is 412 g/mol. The van der Waals surface area contributed by atoms with E-state index in [2.05, 4.69) is 52.1 Å². The molecule has 0 atom stereocenters. The fraction of sp³-hybridized carbons (Fsp3) is 0.526. The molecule has 1 heterocycles. The van der Waals surface area contributed by atoms with E-state index in [1.165, 1.54) is 37.7 Å². The van der Waals surface area contributed by atoms with E-state index >= 15 is 0 Å². The molecule has 0 saturated heterocycles. The molecule has 0 spiro atoms. The Morgan fingerprint density at radius 2 is 1.62 bits per heavy atom. The Morgan fingerprint density at radius 1 is 1.00 bits per heavy atom. The monoisotopic (exact) mass is 440 g/mol. The van der Waals surface area contributed by atoms with Crippen LogP contribution in [-0.2, 0) is 19.8 Å².